The molecule has 5 heteroatoms. The minimum atomic E-state index is -0.967. The summed E-state index contributed by atoms with van der Waals surface area (Å²) in [5.74, 6) is 0. The van der Waals surface area contributed by atoms with Crippen molar-refractivity contribution < 1.29 is 20.1 Å². The van der Waals surface area contributed by atoms with Gasteiger partial charge in [-0.05, 0) is 0 Å². The van der Waals surface area contributed by atoms with E-state index in [0.29, 0.717) is 0 Å². The molecule has 0 radical (unpaired) electrons. The average molecular weight is 163 g/mol. The molecule has 0 amide bonds. The summed E-state index contributed by atoms with van der Waals surface area (Å²) in [4.78, 5) is 0. The summed E-state index contributed by atoms with van der Waals surface area (Å²) in [6.45, 7) is -0.327. The molecule has 1 fully saturated rings. The lowest BCUT2D eigenvalue weighted by molar-refractivity contribution is -0.213. The van der Waals surface area contributed by atoms with E-state index >= 15 is 0 Å². The second-order valence-corrected chi connectivity index (χ2v) is 2.70. The predicted octanol–water partition coefficient (Wildman–Crippen LogP) is -2.23. The van der Waals surface area contributed by atoms with Crippen LogP contribution in [-0.4, -0.2) is 46.5 Å². The molecule has 0 aromatic carbocycles. The van der Waals surface area contributed by atoms with Gasteiger partial charge in [-0.2, -0.15) is 0 Å². The zero-order valence-corrected chi connectivity index (χ0v) is 6.05. The summed E-state index contributed by atoms with van der Waals surface area (Å²) < 4.78 is 4.79. The molecule has 1 aliphatic heterocycles. The Morgan fingerprint density at radius 3 is 2.64 bits per heavy atom. The first kappa shape index (κ1) is 8.89. The van der Waals surface area contributed by atoms with Gasteiger partial charge in [-0.3, -0.25) is 0 Å². The lowest BCUT2D eigenvalue weighted by Gasteiger charge is -2.34. The number of aliphatic hydroxyl groups excluding tert-OH is 3. The first-order valence-corrected chi connectivity index (χ1v) is 3.53. The quantitative estimate of drug-likeness (QED) is 0.351. The van der Waals surface area contributed by atoms with Crippen molar-refractivity contribution in [3.8, 4) is 0 Å². The average Bonchev–Trinajstić information content (AvgIpc) is 1.96. The Balaban J connectivity index is 2.51. The first-order chi connectivity index (χ1) is 5.15. The molecule has 66 valence electrons. The summed E-state index contributed by atoms with van der Waals surface area (Å²) in [6, 6.07) is -0.518. The van der Waals surface area contributed by atoms with Crippen LogP contribution in [0.4, 0.5) is 0 Å². The highest BCUT2D eigenvalue weighted by Crippen LogP contribution is 2.16. The fourth-order valence-corrected chi connectivity index (χ4v) is 1.14. The van der Waals surface area contributed by atoms with Gasteiger partial charge in [0.1, 0.15) is 6.10 Å². The van der Waals surface area contributed by atoms with Crippen LogP contribution in [0.2, 0.25) is 0 Å². The fourth-order valence-electron chi connectivity index (χ4n) is 1.14. The number of hydrogen-bond donors (Lipinski definition) is 4. The van der Waals surface area contributed by atoms with Crippen molar-refractivity contribution in [3.05, 3.63) is 0 Å². The smallest absolute Gasteiger partial charge is 0.156 e. The topological polar surface area (TPSA) is 95.9 Å². The molecule has 1 aliphatic rings. The normalized spacial score (nSPS) is 45.8. The lowest BCUT2D eigenvalue weighted by atomic mass is 10.0. The number of rotatable bonds is 1. The van der Waals surface area contributed by atoms with E-state index in [4.69, 9.17) is 20.7 Å². The maximum absolute atomic E-state index is 9.23. The molecule has 1 saturated heterocycles. The molecular formula is C6H13NO4. The van der Waals surface area contributed by atoms with Crippen molar-refractivity contribution in [2.24, 2.45) is 5.73 Å². The Kier molecular flexibility index (Phi) is 2.80. The summed E-state index contributed by atoms with van der Waals surface area (Å²) in [7, 11) is 0. The van der Waals surface area contributed by atoms with Crippen LogP contribution in [0, 0.1) is 0 Å². The molecule has 1 unspecified atom stereocenters. The molecule has 4 atom stereocenters. The molecule has 11 heavy (non-hydrogen) atoms. The molecule has 1 heterocycles. The molecule has 0 saturated carbocycles. The summed E-state index contributed by atoms with van der Waals surface area (Å²) in [6.07, 6.45) is -2.40. The number of aliphatic hydroxyl groups is 3. The minimum Gasteiger partial charge on any atom is -0.394 e. The Morgan fingerprint density at radius 2 is 2.09 bits per heavy atom. The van der Waals surface area contributed by atoms with E-state index in [1.807, 2.05) is 0 Å². The highest BCUT2D eigenvalue weighted by molar-refractivity contribution is 4.84. The van der Waals surface area contributed by atoms with Crippen molar-refractivity contribution in [3.63, 3.8) is 0 Å². The van der Waals surface area contributed by atoms with Crippen LogP contribution in [0.3, 0.4) is 0 Å². The van der Waals surface area contributed by atoms with E-state index in [0.717, 1.165) is 0 Å². The third kappa shape index (κ3) is 1.88. The number of nitrogens with two attached hydrogens (primary N) is 1. The van der Waals surface area contributed by atoms with Crippen molar-refractivity contribution >= 4 is 0 Å². The number of ether oxygens (including phenoxy) is 1. The molecule has 0 aromatic rings. The van der Waals surface area contributed by atoms with Crippen LogP contribution in [0.5, 0.6) is 0 Å². The number of hydrogen-bond acceptors (Lipinski definition) is 5. The lowest BCUT2D eigenvalue weighted by Crippen LogP contribution is -2.53. The SMILES string of the molecule is N[C@@H]1CC(O)O[C@H](CO)[C@H]1O. The van der Waals surface area contributed by atoms with Crippen molar-refractivity contribution in [2.75, 3.05) is 6.61 Å². The van der Waals surface area contributed by atoms with Crippen molar-refractivity contribution in [1.29, 1.82) is 0 Å². The highest BCUT2D eigenvalue weighted by atomic mass is 16.6. The molecule has 0 bridgehead atoms. The standard InChI is InChI=1S/C6H13NO4/c7-3-1-5(9)11-4(2-8)6(3)10/h3-6,8-10H,1-2,7H2/t3-,4-,5?,6+/m1/s1. The van der Waals surface area contributed by atoms with Gasteiger partial charge in [-0.15, -0.1) is 0 Å². The fraction of sp³-hybridized carbons (Fsp3) is 1.00. The molecule has 5 nitrogen and oxygen atoms in total. The van der Waals surface area contributed by atoms with Gasteiger partial charge >= 0.3 is 0 Å². The minimum absolute atomic E-state index is 0.206. The maximum atomic E-state index is 9.23. The van der Waals surface area contributed by atoms with Gasteiger partial charge in [-0.1, -0.05) is 0 Å². The largest absolute Gasteiger partial charge is 0.394 e. The molecular weight excluding hydrogens is 150 g/mol. The Hall–Kier alpha value is -0.200. The van der Waals surface area contributed by atoms with E-state index in [2.05, 4.69) is 0 Å². The van der Waals surface area contributed by atoms with Crippen LogP contribution >= 0.6 is 0 Å². The van der Waals surface area contributed by atoms with Gasteiger partial charge in [0.2, 0.25) is 0 Å². The summed E-state index contributed by atoms with van der Waals surface area (Å²) in [5, 5.41) is 26.9. The molecule has 0 spiro atoms. The highest BCUT2D eigenvalue weighted by Gasteiger charge is 2.34. The van der Waals surface area contributed by atoms with Gasteiger partial charge in [0.05, 0.1) is 12.7 Å². The van der Waals surface area contributed by atoms with Gasteiger partial charge < -0.3 is 25.8 Å². The third-order valence-corrected chi connectivity index (χ3v) is 1.81. The van der Waals surface area contributed by atoms with Crippen molar-refractivity contribution in [1.82, 2.24) is 0 Å². The van der Waals surface area contributed by atoms with Crippen LogP contribution in [0.1, 0.15) is 6.42 Å². The predicted molar refractivity (Wildman–Crippen MR) is 36.6 cm³/mol. The molecule has 0 aliphatic carbocycles. The Bertz CT molecular complexity index is 132. The summed E-state index contributed by atoms with van der Waals surface area (Å²) in [5.41, 5.74) is 5.43. The summed E-state index contributed by atoms with van der Waals surface area (Å²) >= 11 is 0. The van der Waals surface area contributed by atoms with E-state index in [9.17, 15) is 5.11 Å². The second kappa shape index (κ2) is 3.46. The van der Waals surface area contributed by atoms with E-state index in [-0.39, 0.29) is 13.0 Å². The van der Waals surface area contributed by atoms with Crippen LogP contribution in [0.15, 0.2) is 0 Å². The van der Waals surface area contributed by atoms with Crippen LogP contribution < -0.4 is 5.73 Å². The first-order valence-electron chi connectivity index (χ1n) is 3.53. The molecule has 1 rings (SSSR count). The van der Waals surface area contributed by atoms with Gasteiger partial charge in [0, 0.05) is 12.5 Å². The van der Waals surface area contributed by atoms with Gasteiger partial charge in [-0.25, -0.2) is 0 Å². The maximum Gasteiger partial charge on any atom is 0.156 e. The Morgan fingerprint density at radius 1 is 1.45 bits per heavy atom. The van der Waals surface area contributed by atoms with E-state index in [1.54, 1.807) is 0 Å². The second-order valence-electron chi connectivity index (χ2n) is 2.70. The van der Waals surface area contributed by atoms with Gasteiger partial charge in [0.15, 0.2) is 6.29 Å². The van der Waals surface area contributed by atoms with E-state index < -0.39 is 24.5 Å². The van der Waals surface area contributed by atoms with Crippen LogP contribution in [-0.2, 0) is 4.74 Å². The zero-order valence-electron chi connectivity index (χ0n) is 6.05. The monoisotopic (exact) mass is 163 g/mol. The van der Waals surface area contributed by atoms with E-state index in [1.165, 1.54) is 0 Å². The molecule has 0 aromatic heterocycles. The molecule has 5 N–H and O–H groups in total. The Labute approximate surface area is 64.4 Å². The zero-order chi connectivity index (χ0) is 8.43. The third-order valence-electron chi connectivity index (χ3n) is 1.81. The van der Waals surface area contributed by atoms with Crippen LogP contribution in [0.25, 0.3) is 0 Å². The van der Waals surface area contributed by atoms with Gasteiger partial charge in [0.25, 0.3) is 0 Å². The van der Waals surface area contributed by atoms with Crippen molar-refractivity contribution in [2.45, 2.75) is 31.0 Å².